The number of nitrogens with zero attached hydrogens (tertiary/aromatic N) is 1. The summed E-state index contributed by atoms with van der Waals surface area (Å²) in [6, 6.07) is 5.55. The van der Waals surface area contributed by atoms with Crippen LogP contribution in [0.3, 0.4) is 0 Å². The first-order chi connectivity index (χ1) is 7.56. The Kier molecular flexibility index (Phi) is 3.64. The molecule has 1 aromatic carbocycles. The van der Waals surface area contributed by atoms with Crippen molar-refractivity contribution in [2.75, 3.05) is 5.73 Å². The van der Waals surface area contributed by atoms with Crippen LogP contribution in [0.2, 0.25) is 10.0 Å². The summed E-state index contributed by atoms with van der Waals surface area (Å²) in [4.78, 5) is 5.19. The van der Waals surface area contributed by atoms with Crippen LogP contribution in [0.15, 0.2) is 27.3 Å². The van der Waals surface area contributed by atoms with Crippen LogP contribution in [0.25, 0.3) is 0 Å². The lowest BCUT2D eigenvalue weighted by atomic mass is 10.4. The number of halogens is 2. The van der Waals surface area contributed by atoms with Crippen molar-refractivity contribution in [3.8, 4) is 0 Å². The number of benzene rings is 1. The molecule has 84 valence electrons. The fourth-order valence-electron chi connectivity index (χ4n) is 1.14. The number of aromatic nitrogens is 1. The first kappa shape index (κ1) is 12.0. The average Bonchev–Trinajstić information content (AvgIpc) is 2.51. The van der Waals surface area contributed by atoms with E-state index in [0.717, 1.165) is 14.8 Å². The van der Waals surface area contributed by atoms with Crippen molar-refractivity contribution < 1.29 is 0 Å². The minimum Gasteiger partial charge on any atom is -0.375 e. The second-order valence-electron chi connectivity index (χ2n) is 3.10. The van der Waals surface area contributed by atoms with Crippen molar-refractivity contribution in [3.63, 3.8) is 0 Å². The highest BCUT2D eigenvalue weighted by Gasteiger charge is 2.08. The molecule has 0 spiro atoms. The number of thiazole rings is 1. The Morgan fingerprint density at radius 1 is 1.31 bits per heavy atom. The van der Waals surface area contributed by atoms with Gasteiger partial charge in [-0.05, 0) is 25.1 Å². The van der Waals surface area contributed by atoms with Crippen molar-refractivity contribution in [2.24, 2.45) is 0 Å². The third kappa shape index (κ3) is 2.63. The van der Waals surface area contributed by atoms with Crippen molar-refractivity contribution >= 4 is 51.4 Å². The summed E-state index contributed by atoms with van der Waals surface area (Å²) in [7, 11) is 0. The van der Waals surface area contributed by atoms with Crippen LogP contribution in [0, 0.1) is 6.92 Å². The average molecular weight is 291 g/mol. The standard InChI is InChI=1S/C10H8Cl2N2S2/c1-5-9(16-10(13)14-5)15-6-2-3-7(11)8(12)4-6/h2-4H,1H3,(H2,13,14). The van der Waals surface area contributed by atoms with E-state index < -0.39 is 0 Å². The highest BCUT2D eigenvalue weighted by Crippen LogP contribution is 2.37. The Labute approximate surface area is 112 Å². The molecule has 0 amide bonds. The fourth-order valence-corrected chi connectivity index (χ4v) is 3.51. The van der Waals surface area contributed by atoms with Crippen molar-refractivity contribution in [1.82, 2.24) is 4.98 Å². The quantitative estimate of drug-likeness (QED) is 0.886. The molecule has 0 saturated carbocycles. The molecular weight excluding hydrogens is 283 g/mol. The topological polar surface area (TPSA) is 38.9 Å². The van der Waals surface area contributed by atoms with Gasteiger partial charge in [-0.2, -0.15) is 0 Å². The van der Waals surface area contributed by atoms with E-state index in [9.17, 15) is 0 Å². The van der Waals surface area contributed by atoms with Gasteiger partial charge in [0.05, 0.1) is 19.9 Å². The third-order valence-electron chi connectivity index (χ3n) is 1.87. The van der Waals surface area contributed by atoms with Crippen LogP contribution in [0.1, 0.15) is 5.69 Å². The molecule has 0 aliphatic heterocycles. The Bertz CT molecular complexity index is 526. The maximum Gasteiger partial charge on any atom is 0.181 e. The molecule has 0 fully saturated rings. The number of rotatable bonds is 2. The molecule has 2 N–H and O–H groups in total. The molecule has 0 bridgehead atoms. The maximum absolute atomic E-state index is 5.94. The van der Waals surface area contributed by atoms with E-state index in [1.165, 1.54) is 11.3 Å². The summed E-state index contributed by atoms with van der Waals surface area (Å²) in [6.07, 6.45) is 0. The SMILES string of the molecule is Cc1nc(N)sc1Sc1ccc(Cl)c(Cl)c1. The molecule has 0 unspecified atom stereocenters. The number of hydrogen-bond donors (Lipinski definition) is 1. The van der Waals surface area contributed by atoms with Gasteiger partial charge in [-0.15, -0.1) is 0 Å². The van der Waals surface area contributed by atoms with Gasteiger partial charge in [0.15, 0.2) is 5.13 Å². The lowest BCUT2D eigenvalue weighted by Gasteiger charge is -2.01. The highest BCUT2D eigenvalue weighted by molar-refractivity contribution is 8.01. The number of anilines is 1. The van der Waals surface area contributed by atoms with Crippen LogP contribution in [0.4, 0.5) is 5.13 Å². The van der Waals surface area contributed by atoms with E-state index in [2.05, 4.69) is 4.98 Å². The lowest BCUT2D eigenvalue weighted by molar-refractivity contribution is 1.21. The Morgan fingerprint density at radius 3 is 2.62 bits per heavy atom. The van der Waals surface area contributed by atoms with Gasteiger partial charge in [0.1, 0.15) is 0 Å². The Hall–Kier alpha value is -0.420. The summed E-state index contributed by atoms with van der Waals surface area (Å²) in [6.45, 7) is 1.94. The molecule has 0 aliphatic rings. The Balaban J connectivity index is 2.27. The largest absolute Gasteiger partial charge is 0.375 e. The van der Waals surface area contributed by atoms with Crippen LogP contribution in [-0.2, 0) is 0 Å². The minimum absolute atomic E-state index is 0.557. The summed E-state index contributed by atoms with van der Waals surface area (Å²) >= 11 is 14.9. The monoisotopic (exact) mass is 290 g/mol. The van der Waals surface area contributed by atoms with Gasteiger partial charge in [0, 0.05) is 4.90 Å². The molecule has 1 heterocycles. The fraction of sp³-hybridized carbons (Fsp3) is 0.100. The van der Waals surface area contributed by atoms with Crippen molar-refractivity contribution in [3.05, 3.63) is 33.9 Å². The van der Waals surface area contributed by atoms with E-state index in [4.69, 9.17) is 28.9 Å². The molecule has 0 aliphatic carbocycles. The zero-order valence-electron chi connectivity index (χ0n) is 8.33. The van der Waals surface area contributed by atoms with Crippen molar-refractivity contribution in [1.29, 1.82) is 0 Å². The van der Waals surface area contributed by atoms with E-state index in [1.54, 1.807) is 17.8 Å². The summed E-state index contributed by atoms with van der Waals surface area (Å²) in [5, 5.41) is 1.70. The second-order valence-corrected chi connectivity index (χ2v) is 6.29. The van der Waals surface area contributed by atoms with Crippen LogP contribution < -0.4 is 5.73 Å². The summed E-state index contributed by atoms with van der Waals surface area (Å²) in [5.74, 6) is 0. The van der Waals surface area contributed by atoms with Crippen LogP contribution in [0.5, 0.6) is 0 Å². The van der Waals surface area contributed by atoms with E-state index in [0.29, 0.717) is 15.2 Å². The van der Waals surface area contributed by atoms with Gasteiger partial charge in [-0.1, -0.05) is 46.3 Å². The summed E-state index contributed by atoms with van der Waals surface area (Å²) in [5.41, 5.74) is 6.58. The minimum atomic E-state index is 0.557. The number of aryl methyl sites for hydroxylation is 1. The zero-order chi connectivity index (χ0) is 11.7. The normalized spacial score (nSPS) is 10.7. The molecule has 0 saturated heterocycles. The second kappa shape index (κ2) is 4.84. The van der Waals surface area contributed by atoms with Crippen LogP contribution >= 0.6 is 46.3 Å². The first-order valence-electron chi connectivity index (χ1n) is 4.42. The summed E-state index contributed by atoms with van der Waals surface area (Å²) < 4.78 is 1.08. The van der Waals surface area contributed by atoms with Gasteiger partial charge < -0.3 is 5.73 Å². The predicted octanol–water partition coefficient (Wildman–Crippen LogP) is 4.49. The molecule has 2 rings (SSSR count). The van der Waals surface area contributed by atoms with Gasteiger partial charge in [-0.3, -0.25) is 0 Å². The van der Waals surface area contributed by atoms with Gasteiger partial charge in [0.25, 0.3) is 0 Å². The number of nitrogens with two attached hydrogens (primary N) is 1. The molecule has 16 heavy (non-hydrogen) atoms. The molecule has 6 heteroatoms. The predicted molar refractivity (Wildman–Crippen MR) is 71.8 cm³/mol. The number of hydrogen-bond acceptors (Lipinski definition) is 4. The molecule has 2 nitrogen and oxygen atoms in total. The lowest BCUT2D eigenvalue weighted by Crippen LogP contribution is -1.80. The molecule has 1 aromatic heterocycles. The van der Waals surface area contributed by atoms with Gasteiger partial charge in [-0.25, -0.2) is 4.98 Å². The molecule has 2 aromatic rings. The zero-order valence-corrected chi connectivity index (χ0v) is 11.5. The highest BCUT2D eigenvalue weighted by atomic mass is 35.5. The number of nitrogen functional groups attached to an aromatic ring is 1. The third-order valence-corrected chi connectivity index (χ3v) is 4.86. The van der Waals surface area contributed by atoms with Crippen molar-refractivity contribution in [2.45, 2.75) is 16.0 Å². The maximum atomic E-state index is 5.94. The first-order valence-corrected chi connectivity index (χ1v) is 6.81. The molecule has 0 atom stereocenters. The smallest absolute Gasteiger partial charge is 0.181 e. The van der Waals surface area contributed by atoms with Gasteiger partial charge >= 0.3 is 0 Å². The van der Waals surface area contributed by atoms with Gasteiger partial charge in [0.2, 0.25) is 0 Å². The Morgan fingerprint density at radius 2 is 2.06 bits per heavy atom. The van der Waals surface area contributed by atoms with Crippen LogP contribution in [-0.4, -0.2) is 4.98 Å². The van der Waals surface area contributed by atoms with E-state index in [1.807, 2.05) is 19.1 Å². The van der Waals surface area contributed by atoms with E-state index in [-0.39, 0.29) is 0 Å². The van der Waals surface area contributed by atoms with E-state index >= 15 is 0 Å². The molecule has 0 radical (unpaired) electrons. The molecular formula is C10H8Cl2N2S2.